The maximum Gasteiger partial charge on any atom is 0.148 e. The van der Waals surface area contributed by atoms with E-state index in [-0.39, 0.29) is 17.6 Å². The molecule has 0 aromatic heterocycles. The molecule has 1 aromatic carbocycles. The van der Waals surface area contributed by atoms with E-state index in [2.05, 4.69) is 21.2 Å². The first-order valence-corrected chi connectivity index (χ1v) is 8.01. The van der Waals surface area contributed by atoms with Gasteiger partial charge in [-0.1, -0.05) is 6.07 Å². The lowest BCUT2D eigenvalue weighted by Crippen LogP contribution is -2.25. The van der Waals surface area contributed by atoms with E-state index in [4.69, 9.17) is 0 Å². The summed E-state index contributed by atoms with van der Waals surface area (Å²) in [5.74, 6) is -0.211. The fraction of sp³-hybridized carbons (Fsp3) is 0.455. The Labute approximate surface area is 109 Å². The Bertz CT molecular complexity index is 490. The topological polar surface area (TPSA) is 46.2 Å². The molecular weight excluding hydrogens is 309 g/mol. The molecule has 1 unspecified atom stereocenters. The van der Waals surface area contributed by atoms with Gasteiger partial charge in [-0.2, -0.15) is 0 Å². The second-order valence-electron chi connectivity index (χ2n) is 3.98. The molecule has 1 N–H and O–H groups in total. The molecule has 1 aromatic rings. The number of sulfone groups is 1. The van der Waals surface area contributed by atoms with Crippen LogP contribution < -0.4 is 5.32 Å². The van der Waals surface area contributed by atoms with Gasteiger partial charge in [-0.3, -0.25) is 0 Å². The van der Waals surface area contributed by atoms with E-state index in [1.165, 1.54) is 12.3 Å². The Morgan fingerprint density at radius 2 is 2.12 bits per heavy atom. The summed E-state index contributed by atoms with van der Waals surface area (Å²) >= 11 is 3.12. The normalized spacial score (nSPS) is 13.6. The molecule has 0 spiro atoms. The molecule has 0 aliphatic carbocycles. The molecule has 96 valence electrons. The smallest absolute Gasteiger partial charge is 0.148 e. The zero-order valence-electron chi connectivity index (χ0n) is 9.70. The molecule has 1 rings (SSSR count). The van der Waals surface area contributed by atoms with Crippen LogP contribution in [0.5, 0.6) is 0 Å². The van der Waals surface area contributed by atoms with Crippen LogP contribution in [0.4, 0.5) is 4.39 Å². The summed E-state index contributed by atoms with van der Waals surface area (Å²) < 4.78 is 35.3. The van der Waals surface area contributed by atoms with E-state index in [1.807, 2.05) is 6.92 Å². The number of halogens is 2. The molecule has 0 aliphatic rings. The highest BCUT2D eigenvalue weighted by Gasteiger charge is 2.09. The van der Waals surface area contributed by atoms with Gasteiger partial charge in [0.2, 0.25) is 0 Å². The minimum absolute atomic E-state index is 0.0198. The van der Waals surface area contributed by atoms with Crippen molar-refractivity contribution >= 4 is 25.8 Å². The van der Waals surface area contributed by atoms with Crippen molar-refractivity contribution in [3.8, 4) is 0 Å². The van der Waals surface area contributed by atoms with E-state index in [0.29, 0.717) is 11.0 Å². The van der Waals surface area contributed by atoms with Crippen LogP contribution in [-0.4, -0.2) is 27.0 Å². The summed E-state index contributed by atoms with van der Waals surface area (Å²) in [5, 5.41) is 3.08. The lowest BCUT2D eigenvalue weighted by molar-refractivity contribution is 0.573. The zero-order chi connectivity index (χ0) is 13.1. The number of hydrogen-bond donors (Lipinski definition) is 1. The molecule has 17 heavy (non-hydrogen) atoms. The highest BCUT2D eigenvalue weighted by Crippen LogP contribution is 2.20. The molecular formula is C11H15BrFNO2S. The van der Waals surface area contributed by atoms with Gasteiger partial charge in [0, 0.05) is 18.8 Å². The number of hydrogen-bond acceptors (Lipinski definition) is 3. The number of benzene rings is 1. The molecule has 6 heteroatoms. The van der Waals surface area contributed by atoms with Crippen LogP contribution in [0.1, 0.15) is 18.5 Å². The van der Waals surface area contributed by atoms with Crippen LogP contribution in [0.15, 0.2) is 22.7 Å². The van der Waals surface area contributed by atoms with Crippen molar-refractivity contribution in [3.05, 3.63) is 34.1 Å². The Hall–Kier alpha value is -0.460. The zero-order valence-corrected chi connectivity index (χ0v) is 12.1. The van der Waals surface area contributed by atoms with E-state index < -0.39 is 9.84 Å². The van der Waals surface area contributed by atoms with E-state index in [9.17, 15) is 12.8 Å². The van der Waals surface area contributed by atoms with E-state index in [1.54, 1.807) is 12.1 Å². The molecule has 0 amide bonds. The van der Waals surface area contributed by atoms with Crippen LogP contribution in [-0.2, 0) is 9.84 Å². The van der Waals surface area contributed by atoms with Crippen molar-refractivity contribution in [3.63, 3.8) is 0 Å². The van der Waals surface area contributed by atoms with Crippen LogP contribution in [0.2, 0.25) is 0 Å². The van der Waals surface area contributed by atoms with Crippen LogP contribution in [0, 0.1) is 5.82 Å². The van der Waals surface area contributed by atoms with Gasteiger partial charge in [0.1, 0.15) is 15.7 Å². The largest absolute Gasteiger partial charge is 0.309 e. The third-order valence-electron chi connectivity index (χ3n) is 2.37. The van der Waals surface area contributed by atoms with Gasteiger partial charge in [0.25, 0.3) is 0 Å². The molecule has 0 bridgehead atoms. The third-order valence-corrected chi connectivity index (χ3v) is 3.92. The summed E-state index contributed by atoms with van der Waals surface area (Å²) in [5.41, 5.74) is 0.909. The molecule has 0 aliphatic heterocycles. The SMILES string of the molecule is CC(NCCS(C)(=O)=O)c1ccc(F)c(Br)c1. The van der Waals surface area contributed by atoms with Crippen LogP contribution >= 0.6 is 15.9 Å². The summed E-state index contributed by atoms with van der Waals surface area (Å²) in [7, 11) is -2.95. The fourth-order valence-corrected chi connectivity index (χ4v) is 2.25. The molecule has 0 radical (unpaired) electrons. The molecule has 0 fully saturated rings. The molecule has 3 nitrogen and oxygen atoms in total. The van der Waals surface area contributed by atoms with Crippen molar-refractivity contribution in [2.75, 3.05) is 18.6 Å². The highest BCUT2D eigenvalue weighted by molar-refractivity contribution is 9.10. The molecule has 1 atom stereocenters. The van der Waals surface area contributed by atoms with Crippen molar-refractivity contribution in [2.45, 2.75) is 13.0 Å². The Morgan fingerprint density at radius 1 is 1.47 bits per heavy atom. The standard InChI is InChI=1S/C11H15BrFNO2S/c1-8(14-5-6-17(2,15)16)9-3-4-11(13)10(12)7-9/h3-4,7-8,14H,5-6H2,1-2H3. The fourth-order valence-electron chi connectivity index (χ4n) is 1.36. The van der Waals surface area contributed by atoms with Crippen LogP contribution in [0.3, 0.4) is 0 Å². The predicted octanol–water partition coefficient (Wildman–Crippen LogP) is 2.28. The van der Waals surface area contributed by atoms with Crippen molar-refractivity contribution in [2.24, 2.45) is 0 Å². The Morgan fingerprint density at radius 3 is 2.65 bits per heavy atom. The quantitative estimate of drug-likeness (QED) is 0.904. The predicted molar refractivity (Wildman–Crippen MR) is 70.2 cm³/mol. The van der Waals surface area contributed by atoms with Crippen molar-refractivity contribution < 1.29 is 12.8 Å². The summed E-state index contributed by atoms with van der Waals surface area (Å²) in [6, 6.07) is 4.73. The average Bonchev–Trinajstić information content (AvgIpc) is 2.20. The van der Waals surface area contributed by atoms with Gasteiger partial charge in [-0.15, -0.1) is 0 Å². The minimum Gasteiger partial charge on any atom is -0.309 e. The maximum absolute atomic E-state index is 13.0. The van der Waals surface area contributed by atoms with Gasteiger partial charge < -0.3 is 5.32 Å². The lowest BCUT2D eigenvalue weighted by atomic mass is 10.1. The van der Waals surface area contributed by atoms with Gasteiger partial charge in [-0.05, 0) is 40.5 Å². The molecule has 0 saturated carbocycles. The summed E-state index contributed by atoms with van der Waals surface area (Å²) in [4.78, 5) is 0. The van der Waals surface area contributed by atoms with Gasteiger partial charge in [-0.25, -0.2) is 12.8 Å². The second kappa shape index (κ2) is 5.93. The van der Waals surface area contributed by atoms with Crippen LogP contribution in [0.25, 0.3) is 0 Å². The molecule has 0 saturated heterocycles. The second-order valence-corrected chi connectivity index (χ2v) is 7.09. The lowest BCUT2D eigenvalue weighted by Gasteiger charge is -2.14. The van der Waals surface area contributed by atoms with E-state index in [0.717, 1.165) is 5.56 Å². The first-order chi connectivity index (χ1) is 7.79. The number of nitrogens with one attached hydrogen (secondary N) is 1. The third kappa shape index (κ3) is 5.14. The van der Waals surface area contributed by atoms with Crippen molar-refractivity contribution in [1.82, 2.24) is 5.32 Å². The highest BCUT2D eigenvalue weighted by atomic mass is 79.9. The minimum atomic E-state index is -2.95. The summed E-state index contributed by atoms with van der Waals surface area (Å²) in [6.45, 7) is 2.29. The average molecular weight is 324 g/mol. The Balaban J connectivity index is 2.58. The van der Waals surface area contributed by atoms with Gasteiger partial charge >= 0.3 is 0 Å². The monoisotopic (exact) mass is 323 g/mol. The summed E-state index contributed by atoms with van der Waals surface area (Å²) in [6.07, 6.45) is 1.20. The van der Waals surface area contributed by atoms with Gasteiger partial charge in [0.05, 0.1) is 10.2 Å². The maximum atomic E-state index is 13.0. The Kier molecular flexibility index (Phi) is 5.09. The van der Waals surface area contributed by atoms with E-state index >= 15 is 0 Å². The van der Waals surface area contributed by atoms with Crippen molar-refractivity contribution in [1.29, 1.82) is 0 Å². The number of rotatable bonds is 5. The molecule has 0 heterocycles. The first-order valence-electron chi connectivity index (χ1n) is 5.15. The first kappa shape index (κ1) is 14.6. The van der Waals surface area contributed by atoms with Gasteiger partial charge in [0.15, 0.2) is 0 Å².